The minimum Gasteiger partial charge on any atom is -0.379 e. The fraction of sp³-hybridized carbons (Fsp3) is 0.692. The summed E-state index contributed by atoms with van der Waals surface area (Å²) in [7, 11) is -3.41. The zero-order chi connectivity index (χ0) is 15.3. The van der Waals surface area contributed by atoms with Crippen molar-refractivity contribution in [1.82, 2.24) is 4.72 Å². The first-order valence-corrected chi connectivity index (χ1v) is 10.0. The average molecular weight is 398 g/mol. The second-order valence-corrected chi connectivity index (χ2v) is 9.35. The summed E-state index contributed by atoms with van der Waals surface area (Å²) in [6.07, 6.45) is 3.02. The van der Waals surface area contributed by atoms with E-state index < -0.39 is 10.0 Å². The number of nitrogens with one attached hydrogen (secondary N) is 1. The second kappa shape index (κ2) is 8.03. The molecule has 0 radical (unpaired) electrons. The van der Waals surface area contributed by atoms with Crippen LogP contribution in [-0.2, 0) is 19.5 Å². The lowest BCUT2D eigenvalue weighted by Crippen LogP contribution is -2.25. The van der Waals surface area contributed by atoms with Crippen LogP contribution in [0.3, 0.4) is 0 Å². The maximum Gasteiger partial charge on any atom is 0.250 e. The number of thiophene rings is 1. The standard InChI is InChI=1S/C13H20BrNO4S2/c1-10-8-12(20-13(10)14)21(16,17)15-5-3-6-18-9-11-4-2-7-19-11/h8,11,15H,2-7,9H2,1H3. The van der Waals surface area contributed by atoms with Gasteiger partial charge in [-0.1, -0.05) is 0 Å². The number of halogens is 1. The smallest absolute Gasteiger partial charge is 0.250 e. The molecule has 5 nitrogen and oxygen atoms in total. The van der Waals surface area contributed by atoms with Crippen LogP contribution in [0, 0.1) is 6.92 Å². The van der Waals surface area contributed by atoms with Gasteiger partial charge in [0.05, 0.1) is 16.5 Å². The SMILES string of the molecule is Cc1cc(S(=O)(=O)NCCCOCC2CCCO2)sc1Br. The van der Waals surface area contributed by atoms with Crippen molar-refractivity contribution in [2.24, 2.45) is 0 Å². The van der Waals surface area contributed by atoms with E-state index in [9.17, 15) is 8.42 Å². The van der Waals surface area contributed by atoms with Crippen LogP contribution in [0.2, 0.25) is 0 Å². The molecule has 1 N–H and O–H groups in total. The molecule has 120 valence electrons. The highest BCUT2D eigenvalue weighted by Crippen LogP contribution is 2.30. The van der Waals surface area contributed by atoms with Crippen LogP contribution in [0.4, 0.5) is 0 Å². The lowest BCUT2D eigenvalue weighted by atomic mass is 10.2. The molecule has 8 heteroatoms. The van der Waals surface area contributed by atoms with E-state index >= 15 is 0 Å². The molecular weight excluding hydrogens is 378 g/mol. The van der Waals surface area contributed by atoms with E-state index in [0.29, 0.717) is 30.4 Å². The predicted molar refractivity (Wildman–Crippen MR) is 86.4 cm³/mol. The first kappa shape index (κ1) is 17.4. The van der Waals surface area contributed by atoms with Gasteiger partial charge >= 0.3 is 0 Å². The first-order valence-electron chi connectivity index (χ1n) is 6.94. The second-order valence-electron chi connectivity index (χ2n) is 4.98. The zero-order valence-electron chi connectivity index (χ0n) is 11.9. The fourth-order valence-electron chi connectivity index (χ4n) is 2.01. The topological polar surface area (TPSA) is 64.6 Å². The van der Waals surface area contributed by atoms with E-state index in [4.69, 9.17) is 9.47 Å². The van der Waals surface area contributed by atoms with Gasteiger partial charge in [-0.25, -0.2) is 13.1 Å². The Morgan fingerprint density at radius 2 is 2.38 bits per heavy atom. The van der Waals surface area contributed by atoms with Gasteiger partial charge in [0.1, 0.15) is 4.21 Å². The third-order valence-electron chi connectivity index (χ3n) is 3.18. The van der Waals surface area contributed by atoms with Crippen molar-refractivity contribution in [2.45, 2.75) is 36.5 Å². The molecule has 0 amide bonds. The lowest BCUT2D eigenvalue weighted by Gasteiger charge is -2.10. The van der Waals surface area contributed by atoms with Crippen molar-refractivity contribution < 1.29 is 17.9 Å². The largest absolute Gasteiger partial charge is 0.379 e. The van der Waals surface area contributed by atoms with Gasteiger partial charge in [-0.05, 0) is 53.7 Å². The normalized spacial score (nSPS) is 19.2. The number of hydrogen-bond acceptors (Lipinski definition) is 5. The molecule has 1 fully saturated rings. The number of aryl methyl sites for hydroxylation is 1. The van der Waals surface area contributed by atoms with Gasteiger partial charge in [-0.3, -0.25) is 0 Å². The van der Waals surface area contributed by atoms with E-state index in [-0.39, 0.29) is 6.10 Å². The highest BCUT2D eigenvalue weighted by atomic mass is 79.9. The predicted octanol–water partition coefficient (Wildman–Crippen LogP) is 2.68. The van der Waals surface area contributed by atoms with Crippen LogP contribution in [0.15, 0.2) is 14.1 Å². The molecule has 1 aliphatic heterocycles. The minimum atomic E-state index is -3.41. The third-order valence-corrected chi connectivity index (χ3v) is 7.26. The van der Waals surface area contributed by atoms with Gasteiger partial charge in [0, 0.05) is 19.8 Å². The Hall–Kier alpha value is 0.01000. The Morgan fingerprint density at radius 3 is 3.00 bits per heavy atom. The molecule has 1 aromatic heterocycles. The molecule has 0 bridgehead atoms. The maximum atomic E-state index is 12.1. The quantitative estimate of drug-likeness (QED) is 0.684. The van der Waals surface area contributed by atoms with Crippen LogP contribution in [0.1, 0.15) is 24.8 Å². The lowest BCUT2D eigenvalue weighted by molar-refractivity contribution is 0.0169. The molecule has 1 unspecified atom stereocenters. The van der Waals surface area contributed by atoms with Crippen LogP contribution in [0.5, 0.6) is 0 Å². The van der Waals surface area contributed by atoms with Crippen LogP contribution < -0.4 is 4.72 Å². The number of hydrogen-bond donors (Lipinski definition) is 1. The Labute approximate surface area is 138 Å². The number of sulfonamides is 1. The molecule has 2 heterocycles. The summed E-state index contributed by atoms with van der Waals surface area (Å²) in [5.41, 5.74) is 0.931. The summed E-state index contributed by atoms with van der Waals surface area (Å²) in [5.74, 6) is 0. The van der Waals surface area contributed by atoms with Crippen LogP contribution in [-0.4, -0.2) is 40.9 Å². The highest BCUT2D eigenvalue weighted by Gasteiger charge is 2.18. The molecular formula is C13H20BrNO4S2. The Morgan fingerprint density at radius 1 is 1.57 bits per heavy atom. The van der Waals surface area contributed by atoms with Crippen molar-refractivity contribution >= 4 is 37.3 Å². The first-order chi connectivity index (χ1) is 9.99. The van der Waals surface area contributed by atoms with E-state index in [1.54, 1.807) is 6.07 Å². The molecule has 21 heavy (non-hydrogen) atoms. The maximum absolute atomic E-state index is 12.1. The molecule has 0 saturated carbocycles. The van der Waals surface area contributed by atoms with Gasteiger partial charge in [-0.15, -0.1) is 11.3 Å². The van der Waals surface area contributed by atoms with Gasteiger partial charge in [0.2, 0.25) is 10.0 Å². The Bertz CT molecular complexity index is 533. The van der Waals surface area contributed by atoms with Crippen molar-refractivity contribution in [1.29, 1.82) is 0 Å². The summed E-state index contributed by atoms with van der Waals surface area (Å²) in [4.78, 5) is 0. The Kier molecular flexibility index (Phi) is 6.64. The summed E-state index contributed by atoms with van der Waals surface area (Å²) in [6, 6.07) is 1.67. The van der Waals surface area contributed by atoms with E-state index in [1.807, 2.05) is 6.92 Å². The zero-order valence-corrected chi connectivity index (χ0v) is 15.2. The summed E-state index contributed by atoms with van der Waals surface area (Å²) in [5, 5.41) is 0. The molecule has 0 aromatic carbocycles. The van der Waals surface area contributed by atoms with Crippen molar-refractivity contribution in [3.8, 4) is 0 Å². The molecule has 1 aliphatic rings. The highest BCUT2D eigenvalue weighted by molar-refractivity contribution is 9.11. The molecule has 0 spiro atoms. The fourth-order valence-corrected chi connectivity index (χ4v) is 5.35. The summed E-state index contributed by atoms with van der Waals surface area (Å²) >= 11 is 4.56. The van der Waals surface area contributed by atoms with Crippen molar-refractivity contribution in [3.63, 3.8) is 0 Å². The van der Waals surface area contributed by atoms with Gasteiger partial charge in [-0.2, -0.15) is 0 Å². The van der Waals surface area contributed by atoms with Crippen molar-refractivity contribution in [3.05, 3.63) is 15.4 Å². The molecule has 1 aromatic rings. The molecule has 1 atom stereocenters. The summed E-state index contributed by atoms with van der Waals surface area (Å²) < 4.78 is 38.8. The molecule has 2 rings (SSSR count). The van der Waals surface area contributed by atoms with Crippen LogP contribution >= 0.6 is 27.3 Å². The summed E-state index contributed by atoms with van der Waals surface area (Å²) in [6.45, 7) is 4.21. The van der Waals surface area contributed by atoms with Crippen LogP contribution in [0.25, 0.3) is 0 Å². The van der Waals surface area contributed by atoms with Gasteiger partial charge in [0.15, 0.2) is 0 Å². The van der Waals surface area contributed by atoms with E-state index in [1.165, 1.54) is 11.3 Å². The van der Waals surface area contributed by atoms with Gasteiger partial charge in [0.25, 0.3) is 0 Å². The molecule has 0 aliphatic carbocycles. The number of rotatable bonds is 8. The monoisotopic (exact) mass is 397 g/mol. The van der Waals surface area contributed by atoms with E-state index in [0.717, 1.165) is 28.8 Å². The van der Waals surface area contributed by atoms with Crippen molar-refractivity contribution in [2.75, 3.05) is 26.4 Å². The third kappa shape index (κ3) is 5.30. The number of ether oxygens (including phenoxy) is 2. The molecule has 1 saturated heterocycles. The average Bonchev–Trinajstić information content (AvgIpc) is 3.05. The van der Waals surface area contributed by atoms with E-state index in [2.05, 4.69) is 20.7 Å². The van der Waals surface area contributed by atoms with Gasteiger partial charge < -0.3 is 9.47 Å². The minimum absolute atomic E-state index is 0.216. The Balaban J connectivity index is 1.65.